The van der Waals surface area contributed by atoms with Gasteiger partial charge in [0, 0.05) is 12.3 Å². The van der Waals surface area contributed by atoms with Crippen LogP contribution < -0.4 is 11.3 Å². The number of nitrogens with zero attached hydrogens (tertiary/aromatic N) is 1. The summed E-state index contributed by atoms with van der Waals surface area (Å²) in [5.74, 6) is -1.08. The molecular formula is C12H15N3O3. The number of carbonyl (C=O) groups is 2. The Morgan fingerprint density at radius 1 is 1.39 bits per heavy atom. The summed E-state index contributed by atoms with van der Waals surface area (Å²) < 4.78 is 0. The Balaban J connectivity index is 2.45. The Labute approximate surface area is 104 Å². The van der Waals surface area contributed by atoms with Crippen molar-refractivity contribution in [3.63, 3.8) is 0 Å². The van der Waals surface area contributed by atoms with Crippen molar-refractivity contribution in [2.45, 2.75) is 32.6 Å². The smallest absolute Gasteiger partial charge is 0.263 e. The molecule has 0 spiro atoms. The second-order valence-corrected chi connectivity index (χ2v) is 4.51. The molecule has 0 fully saturated rings. The van der Waals surface area contributed by atoms with Crippen LogP contribution in [0.1, 0.15) is 53.5 Å². The van der Waals surface area contributed by atoms with Crippen molar-refractivity contribution in [2.75, 3.05) is 5.73 Å². The summed E-state index contributed by atoms with van der Waals surface area (Å²) in [5, 5.41) is 0. The van der Waals surface area contributed by atoms with Gasteiger partial charge in [-0.3, -0.25) is 19.4 Å². The fourth-order valence-corrected chi connectivity index (χ4v) is 2.22. The first-order chi connectivity index (χ1) is 8.54. The summed E-state index contributed by atoms with van der Waals surface area (Å²) in [6, 6.07) is 0. The third kappa shape index (κ3) is 2.05. The number of aromatic nitrogens is 2. The van der Waals surface area contributed by atoms with Crippen molar-refractivity contribution in [1.29, 1.82) is 0 Å². The van der Waals surface area contributed by atoms with Crippen LogP contribution in [0.5, 0.6) is 0 Å². The molecule has 1 atom stereocenters. The van der Waals surface area contributed by atoms with E-state index in [4.69, 9.17) is 5.73 Å². The third-order valence-corrected chi connectivity index (χ3v) is 3.16. The zero-order valence-electron chi connectivity index (χ0n) is 10.2. The molecule has 6 heteroatoms. The third-order valence-electron chi connectivity index (χ3n) is 3.16. The normalized spacial score (nSPS) is 18.8. The minimum atomic E-state index is -0.614. The van der Waals surface area contributed by atoms with Crippen LogP contribution in [0.2, 0.25) is 0 Å². The largest absolute Gasteiger partial charge is 0.369 e. The van der Waals surface area contributed by atoms with Crippen LogP contribution in [-0.2, 0) is 0 Å². The van der Waals surface area contributed by atoms with Gasteiger partial charge >= 0.3 is 0 Å². The van der Waals surface area contributed by atoms with Crippen LogP contribution in [0.25, 0.3) is 0 Å². The highest BCUT2D eigenvalue weighted by Crippen LogP contribution is 2.26. The van der Waals surface area contributed by atoms with E-state index in [0.717, 1.165) is 12.8 Å². The molecule has 0 aromatic carbocycles. The zero-order valence-corrected chi connectivity index (χ0v) is 10.2. The van der Waals surface area contributed by atoms with Crippen molar-refractivity contribution >= 4 is 17.5 Å². The number of Topliss-reactive ketones (excluding diaryl/α,β-unsaturated/α-hetero) is 2. The number of H-pyrrole nitrogens is 1. The highest BCUT2D eigenvalue weighted by Gasteiger charge is 2.35. The number of hydrogen-bond acceptors (Lipinski definition) is 5. The Morgan fingerprint density at radius 3 is 2.78 bits per heavy atom. The molecule has 2 rings (SSSR count). The van der Waals surface area contributed by atoms with E-state index in [1.807, 2.05) is 6.92 Å². The van der Waals surface area contributed by atoms with Crippen LogP contribution in [0.4, 0.5) is 5.95 Å². The van der Waals surface area contributed by atoms with Gasteiger partial charge in [-0.2, -0.15) is 0 Å². The highest BCUT2D eigenvalue weighted by molar-refractivity contribution is 6.13. The lowest BCUT2D eigenvalue weighted by Gasteiger charge is -2.20. The number of unbranched alkanes of at least 4 members (excludes halogenated alkanes) is 1. The van der Waals surface area contributed by atoms with E-state index in [1.165, 1.54) is 0 Å². The van der Waals surface area contributed by atoms with Crippen molar-refractivity contribution in [2.24, 2.45) is 5.92 Å². The van der Waals surface area contributed by atoms with Gasteiger partial charge in [0.1, 0.15) is 11.3 Å². The van der Waals surface area contributed by atoms with Crippen molar-refractivity contribution in [1.82, 2.24) is 9.97 Å². The molecule has 0 aliphatic heterocycles. The molecule has 0 amide bonds. The Bertz CT molecular complexity index is 562. The van der Waals surface area contributed by atoms with Crippen molar-refractivity contribution < 1.29 is 9.59 Å². The fraction of sp³-hybridized carbons (Fsp3) is 0.500. The summed E-state index contributed by atoms with van der Waals surface area (Å²) in [7, 11) is 0. The number of anilines is 1. The second-order valence-electron chi connectivity index (χ2n) is 4.51. The predicted octanol–water partition coefficient (Wildman–Crippen LogP) is 0.928. The maximum Gasteiger partial charge on any atom is 0.263 e. The summed E-state index contributed by atoms with van der Waals surface area (Å²) in [4.78, 5) is 41.8. The molecular weight excluding hydrogens is 234 g/mol. The van der Waals surface area contributed by atoms with E-state index in [9.17, 15) is 14.4 Å². The topological polar surface area (TPSA) is 106 Å². The fourth-order valence-electron chi connectivity index (χ4n) is 2.22. The molecule has 1 aliphatic rings. The first kappa shape index (κ1) is 12.5. The molecule has 1 aromatic rings. The minimum Gasteiger partial charge on any atom is -0.369 e. The lowest BCUT2D eigenvalue weighted by Crippen LogP contribution is -2.35. The molecule has 3 N–H and O–H groups in total. The highest BCUT2D eigenvalue weighted by atomic mass is 16.2. The molecule has 1 aromatic heterocycles. The van der Waals surface area contributed by atoms with Gasteiger partial charge < -0.3 is 5.73 Å². The number of nitrogens with one attached hydrogen (secondary N) is 1. The standard InChI is InChI=1S/C12H15N3O3/c1-2-3-4-6-5-7(16)9-8(10(6)17)11(18)15-12(13)14-9/h6H,2-5H2,1H3,(H3,13,14,15,18). The van der Waals surface area contributed by atoms with E-state index >= 15 is 0 Å². The van der Waals surface area contributed by atoms with E-state index in [2.05, 4.69) is 9.97 Å². The average molecular weight is 249 g/mol. The van der Waals surface area contributed by atoms with Crippen LogP contribution in [0.15, 0.2) is 4.79 Å². The summed E-state index contributed by atoms with van der Waals surface area (Å²) in [6.07, 6.45) is 2.56. The summed E-state index contributed by atoms with van der Waals surface area (Å²) in [6.45, 7) is 2.01. The molecule has 6 nitrogen and oxygen atoms in total. The van der Waals surface area contributed by atoms with E-state index in [0.29, 0.717) is 6.42 Å². The number of carbonyl (C=O) groups excluding carboxylic acids is 2. The molecule has 0 saturated heterocycles. The summed E-state index contributed by atoms with van der Waals surface area (Å²) >= 11 is 0. The second kappa shape index (κ2) is 4.72. The molecule has 1 unspecified atom stereocenters. The monoisotopic (exact) mass is 249 g/mol. The Hall–Kier alpha value is -1.98. The first-order valence-electron chi connectivity index (χ1n) is 6.01. The Morgan fingerprint density at radius 2 is 2.11 bits per heavy atom. The van der Waals surface area contributed by atoms with Crippen LogP contribution in [-0.4, -0.2) is 21.5 Å². The quantitative estimate of drug-likeness (QED) is 0.828. The number of rotatable bonds is 3. The number of aromatic amines is 1. The zero-order chi connectivity index (χ0) is 13.3. The van der Waals surface area contributed by atoms with Gasteiger partial charge in [0.2, 0.25) is 5.95 Å². The molecule has 1 aliphatic carbocycles. The SMILES string of the molecule is CCCCC1CC(=O)c2nc(N)[nH]c(=O)c2C1=O. The van der Waals surface area contributed by atoms with E-state index in [1.54, 1.807) is 0 Å². The lowest BCUT2D eigenvalue weighted by atomic mass is 9.82. The van der Waals surface area contributed by atoms with Gasteiger partial charge in [0.05, 0.1) is 0 Å². The lowest BCUT2D eigenvalue weighted by molar-refractivity contribution is 0.0809. The Kier molecular flexibility index (Phi) is 3.27. The van der Waals surface area contributed by atoms with Crippen molar-refractivity contribution in [3.8, 4) is 0 Å². The van der Waals surface area contributed by atoms with Gasteiger partial charge in [0.25, 0.3) is 5.56 Å². The van der Waals surface area contributed by atoms with Gasteiger partial charge in [-0.1, -0.05) is 19.8 Å². The predicted molar refractivity (Wildman–Crippen MR) is 65.6 cm³/mol. The number of hydrogen-bond donors (Lipinski definition) is 2. The molecule has 0 radical (unpaired) electrons. The number of nitrogens with two attached hydrogens (primary N) is 1. The van der Waals surface area contributed by atoms with E-state index in [-0.39, 0.29) is 35.2 Å². The van der Waals surface area contributed by atoms with Crippen LogP contribution in [0, 0.1) is 5.92 Å². The van der Waals surface area contributed by atoms with Gasteiger partial charge in [-0.25, -0.2) is 4.98 Å². The average Bonchev–Trinajstić information content (AvgIpc) is 2.31. The van der Waals surface area contributed by atoms with E-state index < -0.39 is 11.5 Å². The molecule has 96 valence electrons. The molecule has 0 saturated carbocycles. The maximum atomic E-state index is 12.1. The first-order valence-corrected chi connectivity index (χ1v) is 6.01. The molecule has 0 bridgehead atoms. The molecule has 1 heterocycles. The van der Waals surface area contributed by atoms with Gasteiger partial charge in [-0.05, 0) is 6.42 Å². The number of ketones is 2. The molecule has 18 heavy (non-hydrogen) atoms. The van der Waals surface area contributed by atoms with Crippen LogP contribution >= 0.6 is 0 Å². The van der Waals surface area contributed by atoms with Gasteiger partial charge in [-0.15, -0.1) is 0 Å². The maximum absolute atomic E-state index is 12.1. The minimum absolute atomic E-state index is 0.0750. The number of nitrogen functional groups attached to an aromatic ring is 1. The number of fused-ring (bicyclic) bond motifs is 1. The van der Waals surface area contributed by atoms with Crippen molar-refractivity contribution in [3.05, 3.63) is 21.6 Å². The van der Waals surface area contributed by atoms with Gasteiger partial charge in [0.15, 0.2) is 11.6 Å². The van der Waals surface area contributed by atoms with Crippen LogP contribution in [0.3, 0.4) is 0 Å². The summed E-state index contributed by atoms with van der Waals surface area (Å²) in [5.41, 5.74) is 4.56.